The summed E-state index contributed by atoms with van der Waals surface area (Å²) in [5.74, 6) is -4.90. The number of aliphatic hydroxyl groups excluding tert-OH is 2. The molecule has 11 heteroatoms. The highest BCUT2D eigenvalue weighted by Gasteiger charge is 2.32. The van der Waals surface area contributed by atoms with E-state index in [0.717, 1.165) is 13.8 Å². The molecule has 23 heavy (non-hydrogen) atoms. The van der Waals surface area contributed by atoms with Crippen molar-refractivity contribution in [3.8, 4) is 0 Å². The molecule has 0 aliphatic rings. The molecule has 0 aromatic rings. The SMILES string of the molecule is C[C@@H](O)[C@H](NC(=O)[C@@H](NC(=O)[C@@H](N)CC(=O)O)[C@@H](C)O)C(=O)O. The Balaban J connectivity index is 4.97. The number of carboxylic acids is 2. The zero-order valence-corrected chi connectivity index (χ0v) is 12.6. The summed E-state index contributed by atoms with van der Waals surface area (Å²) in [6.45, 7) is 2.29. The Morgan fingerprint density at radius 2 is 1.35 bits per heavy atom. The molecule has 11 nitrogen and oxygen atoms in total. The molecular weight excluding hydrogens is 314 g/mol. The van der Waals surface area contributed by atoms with Crippen molar-refractivity contribution in [2.24, 2.45) is 5.73 Å². The second-order valence-electron chi connectivity index (χ2n) is 5.00. The smallest absolute Gasteiger partial charge is 0.328 e. The number of aliphatic hydroxyl groups is 2. The van der Waals surface area contributed by atoms with Crippen LogP contribution in [-0.2, 0) is 19.2 Å². The highest BCUT2D eigenvalue weighted by Crippen LogP contribution is 2.00. The molecule has 0 aromatic heterocycles. The Bertz CT molecular complexity index is 465. The van der Waals surface area contributed by atoms with E-state index >= 15 is 0 Å². The van der Waals surface area contributed by atoms with Gasteiger partial charge in [0.1, 0.15) is 6.04 Å². The number of hydrogen-bond donors (Lipinski definition) is 7. The van der Waals surface area contributed by atoms with Gasteiger partial charge in [-0.2, -0.15) is 0 Å². The van der Waals surface area contributed by atoms with Crippen LogP contribution in [0.25, 0.3) is 0 Å². The van der Waals surface area contributed by atoms with Crippen LogP contribution < -0.4 is 16.4 Å². The minimum absolute atomic E-state index is 0.689. The highest BCUT2D eigenvalue weighted by molar-refractivity contribution is 5.93. The van der Waals surface area contributed by atoms with E-state index in [4.69, 9.17) is 15.9 Å². The van der Waals surface area contributed by atoms with Crippen LogP contribution in [0.3, 0.4) is 0 Å². The molecule has 0 aliphatic carbocycles. The average Bonchev–Trinajstić information content (AvgIpc) is 2.39. The van der Waals surface area contributed by atoms with E-state index in [2.05, 4.69) is 0 Å². The molecule has 2 amide bonds. The van der Waals surface area contributed by atoms with Gasteiger partial charge >= 0.3 is 11.9 Å². The lowest BCUT2D eigenvalue weighted by Crippen LogP contribution is -2.59. The number of carboxylic acid groups (broad SMARTS) is 2. The summed E-state index contributed by atoms with van der Waals surface area (Å²) in [6, 6.07) is -4.66. The lowest BCUT2D eigenvalue weighted by molar-refractivity contribution is -0.146. The topological polar surface area (TPSA) is 199 Å². The molecule has 0 aliphatic heterocycles. The largest absolute Gasteiger partial charge is 0.481 e. The van der Waals surface area contributed by atoms with Gasteiger partial charge in [0, 0.05) is 0 Å². The molecule has 0 saturated carbocycles. The van der Waals surface area contributed by atoms with Crippen LogP contribution in [0.4, 0.5) is 0 Å². The van der Waals surface area contributed by atoms with Crippen molar-refractivity contribution >= 4 is 23.8 Å². The van der Waals surface area contributed by atoms with Gasteiger partial charge < -0.3 is 36.8 Å². The van der Waals surface area contributed by atoms with Crippen molar-refractivity contribution in [1.29, 1.82) is 0 Å². The Hall–Kier alpha value is -2.24. The number of amides is 2. The van der Waals surface area contributed by atoms with Crippen molar-refractivity contribution in [2.75, 3.05) is 0 Å². The second-order valence-corrected chi connectivity index (χ2v) is 5.00. The summed E-state index contributed by atoms with van der Waals surface area (Å²) in [4.78, 5) is 45.1. The molecule has 0 heterocycles. The van der Waals surface area contributed by atoms with E-state index in [1.54, 1.807) is 0 Å². The quantitative estimate of drug-likeness (QED) is 0.224. The van der Waals surface area contributed by atoms with E-state index in [0.29, 0.717) is 0 Å². The Labute approximate surface area is 131 Å². The Kier molecular flexibility index (Phi) is 8.15. The number of aliphatic carboxylic acids is 2. The van der Waals surface area contributed by atoms with Gasteiger partial charge in [0.15, 0.2) is 6.04 Å². The van der Waals surface area contributed by atoms with E-state index in [-0.39, 0.29) is 0 Å². The fourth-order valence-electron chi connectivity index (χ4n) is 1.58. The molecule has 0 rings (SSSR count). The van der Waals surface area contributed by atoms with Gasteiger partial charge in [-0.25, -0.2) is 4.79 Å². The molecule has 5 atom stereocenters. The molecule has 0 spiro atoms. The van der Waals surface area contributed by atoms with Gasteiger partial charge in [-0.1, -0.05) is 0 Å². The van der Waals surface area contributed by atoms with Crippen molar-refractivity contribution in [3.05, 3.63) is 0 Å². The predicted molar refractivity (Wildman–Crippen MR) is 75.1 cm³/mol. The first-order valence-electron chi connectivity index (χ1n) is 6.64. The van der Waals surface area contributed by atoms with E-state index in [1.807, 2.05) is 10.6 Å². The van der Waals surface area contributed by atoms with Gasteiger partial charge in [-0.3, -0.25) is 14.4 Å². The summed E-state index contributed by atoms with van der Waals surface area (Å²) < 4.78 is 0. The fourth-order valence-corrected chi connectivity index (χ4v) is 1.58. The normalized spacial score (nSPS) is 17.3. The van der Waals surface area contributed by atoms with Crippen LogP contribution in [0, 0.1) is 0 Å². The average molecular weight is 335 g/mol. The van der Waals surface area contributed by atoms with Crippen molar-refractivity contribution in [2.45, 2.75) is 50.6 Å². The van der Waals surface area contributed by atoms with Crippen molar-refractivity contribution in [3.63, 3.8) is 0 Å². The maximum atomic E-state index is 12.0. The summed E-state index contributed by atoms with van der Waals surface area (Å²) in [5, 5.41) is 40.3. The van der Waals surface area contributed by atoms with Gasteiger partial charge in [-0.05, 0) is 13.8 Å². The maximum Gasteiger partial charge on any atom is 0.328 e. The van der Waals surface area contributed by atoms with Crippen LogP contribution in [0.15, 0.2) is 0 Å². The van der Waals surface area contributed by atoms with E-state index in [1.165, 1.54) is 0 Å². The molecular formula is C12H21N3O8. The fraction of sp³-hybridized carbons (Fsp3) is 0.667. The van der Waals surface area contributed by atoms with Crippen LogP contribution in [0.2, 0.25) is 0 Å². The first kappa shape index (κ1) is 20.8. The number of rotatable bonds is 9. The highest BCUT2D eigenvalue weighted by atomic mass is 16.4. The predicted octanol–water partition coefficient (Wildman–Crippen LogP) is -3.40. The maximum absolute atomic E-state index is 12.0. The zero-order valence-electron chi connectivity index (χ0n) is 12.6. The summed E-state index contributed by atoms with van der Waals surface area (Å²) >= 11 is 0. The lowest BCUT2D eigenvalue weighted by Gasteiger charge is -2.25. The van der Waals surface area contributed by atoms with Crippen LogP contribution in [-0.4, -0.2) is 74.5 Å². The third kappa shape index (κ3) is 7.04. The molecule has 0 bridgehead atoms. The number of hydrogen-bond acceptors (Lipinski definition) is 7. The Morgan fingerprint density at radius 3 is 1.70 bits per heavy atom. The minimum Gasteiger partial charge on any atom is -0.481 e. The number of carbonyl (C=O) groups excluding carboxylic acids is 2. The van der Waals surface area contributed by atoms with Crippen LogP contribution >= 0.6 is 0 Å². The van der Waals surface area contributed by atoms with Gasteiger partial charge in [0.25, 0.3) is 0 Å². The minimum atomic E-state index is -1.65. The van der Waals surface area contributed by atoms with Gasteiger partial charge in [-0.15, -0.1) is 0 Å². The first-order chi connectivity index (χ1) is 10.5. The molecule has 132 valence electrons. The first-order valence-corrected chi connectivity index (χ1v) is 6.64. The van der Waals surface area contributed by atoms with Crippen molar-refractivity contribution < 1.29 is 39.6 Å². The third-order valence-electron chi connectivity index (χ3n) is 2.84. The third-order valence-corrected chi connectivity index (χ3v) is 2.84. The molecule has 8 N–H and O–H groups in total. The molecule has 0 unspecified atom stereocenters. The molecule has 0 fully saturated rings. The van der Waals surface area contributed by atoms with Gasteiger partial charge in [0.05, 0.1) is 24.7 Å². The number of nitrogens with two attached hydrogens (primary N) is 1. The van der Waals surface area contributed by atoms with Gasteiger partial charge in [0.2, 0.25) is 11.8 Å². The zero-order chi connectivity index (χ0) is 18.3. The van der Waals surface area contributed by atoms with Crippen LogP contribution in [0.1, 0.15) is 20.3 Å². The Morgan fingerprint density at radius 1 is 0.913 bits per heavy atom. The molecule has 0 radical (unpaired) electrons. The van der Waals surface area contributed by atoms with Crippen LogP contribution in [0.5, 0.6) is 0 Å². The summed E-state index contributed by atoms with van der Waals surface area (Å²) in [5.41, 5.74) is 5.32. The summed E-state index contributed by atoms with van der Waals surface area (Å²) in [7, 11) is 0. The van der Waals surface area contributed by atoms with Crippen molar-refractivity contribution in [1.82, 2.24) is 10.6 Å². The second kappa shape index (κ2) is 9.02. The summed E-state index contributed by atoms with van der Waals surface area (Å²) in [6.07, 6.45) is -3.53. The number of nitrogens with one attached hydrogen (secondary N) is 2. The lowest BCUT2D eigenvalue weighted by atomic mass is 10.1. The molecule has 0 aromatic carbocycles. The number of carbonyl (C=O) groups is 4. The van der Waals surface area contributed by atoms with E-state index < -0.39 is 60.5 Å². The van der Waals surface area contributed by atoms with E-state index in [9.17, 15) is 29.4 Å². The standard InChI is InChI=1S/C12H21N3O8/c1-4(16)8(14-10(20)6(13)3-7(18)19)11(21)15-9(5(2)17)12(22)23/h4-6,8-9,16-17H,3,13H2,1-2H3,(H,14,20)(H,15,21)(H,18,19)(H,22,23)/t4-,5-,6+,8+,9+/m1/s1. The monoisotopic (exact) mass is 335 g/mol. The molecule has 0 saturated heterocycles.